The van der Waals surface area contributed by atoms with Gasteiger partial charge in [-0.05, 0) is 36.2 Å². The second kappa shape index (κ2) is 4.46. The largest absolute Gasteiger partial charge is 0.469 e. The monoisotopic (exact) mass is 256 g/mol. The van der Waals surface area contributed by atoms with E-state index in [1.807, 2.05) is 25.1 Å². The second-order valence-electron chi connectivity index (χ2n) is 4.71. The molecule has 2 aromatic rings. The minimum Gasteiger partial charge on any atom is -0.469 e. The van der Waals surface area contributed by atoms with Crippen LogP contribution in [0.2, 0.25) is 0 Å². The van der Waals surface area contributed by atoms with Crippen molar-refractivity contribution in [3.63, 3.8) is 0 Å². The first-order valence-electron chi connectivity index (χ1n) is 6.47. The summed E-state index contributed by atoms with van der Waals surface area (Å²) in [5, 5.41) is 0. The average Bonchev–Trinajstić information content (AvgIpc) is 3.03. The number of hydrogen-bond donors (Lipinski definition) is 1. The zero-order chi connectivity index (χ0) is 13.4. The van der Waals surface area contributed by atoms with Crippen molar-refractivity contribution in [1.29, 1.82) is 0 Å². The van der Waals surface area contributed by atoms with Crippen LogP contribution in [0, 0.1) is 0 Å². The van der Waals surface area contributed by atoms with Gasteiger partial charge in [0.1, 0.15) is 5.76 Å². The van der Waals surface area contributed by atoms with Crippen molar-refractivity contribution >= 4 is 17.3 Å². The van der Waals surface area contributed by atoms with E-state index < -0.39 is 0 Å². The molecular formula is C15H16N2O2. The number of amides is 1. The quantitative estimate of drug-likeness (QED) is 0.840. The van der Waals surface area contributed by atoms with Gasteiger partial charge in [0.2, 0.25) is 0 Å². The Bertz CT molecular complexity index is 631. The third-order valence-corrected chi connectivity index (χ3v) is 3.54. The Morgan fingerprint density at radius 2 is 2.26 bits per heavy atom. The molecule has 0 radical (unpaired) electrons. The Labute approximate surface area is 111 Å². The van der Waals surface area contributed by atoms with Gasteiger partial charge in [-0.1, -0.05) is 6.92 Å². The van der Waals surface area contributed by atoms with Crippen LogP contribution < -0.4 is 10.6 Å². The molecule has 4 heteroatoms. The highest BCUT2D eigenvalue weighted by molar-refractivity contribution is 6.08. The van der Waals surface area contributed by atoms with Crippen LogP contribution in [0.15, 0.2) is 34.9 Å². The second-order valence-corrected chi connectivity index (χ2v) is 4.71. The molecule has 3 rings (SSSR count). The van der Waals surface area contributed by atoms with Crippen molar-refractivity contribution in [2.75, 3.05) is 17.2 Å². The summed E-state index contributed by atoms with van der Waals surface area (Å²) in [6, 6.07) is 7.44. The smallest absolute Gasteiger partial charge is 0.261 e. The lowest BCUT2D eigenvalue weighted by Gasteiger charge is -2.17. The number of carbonyl (C=O) groups excluding carboxylic acids is 1. The molecule has 2 heterocycles. The normalized spacial score (nSPS) is 13.6. The van der Waals surface area contributed by atoms with Gasteiger partial charge in [0.15, 0.2) is 0 Å². The SMILES string of the molecule is CCc1occc1C(=O)N1CCc2cc(N)ccc21. The summed E-state index contributed by atoms with van der Waals surface area (Å²) in [5.41, 5.74) is 9.27. The average molecular weight is 256 g/mol. The molecule has 0 spiro atoms. The first-order chi connectivity index (χ1) is 9.20. The molecule has 98 valence electrons. The molecule has 0 saturated heterocycles. The molecule has 1 aliphatic heterocycles. The molecule has 0 unspecified atom stereocenters. The van der Waals surface area contributed by atoms with E-state index in [0.29, 0.717) is 12.1 Å². The maximum atomic E-state index is 12.6. The maximum absolute atomic E-state index is 12.6. The predicted molar refractivity (Wildman–Crippen MR) is 74.3 cm³/mol. The van der Waals surface area contributed by atoms with Crippen molar-refractivity contribution < 1.29 is 9.21 Å². The fourth-order valence-corrected chi connectivity index (χ4v) is 2.58. The summed E-state index contributed by atoms with van der Waals surface area (Å²) >= 11 is 0. The van der Waals surface area contributed by atoms with E-state index in [-0.39, 0.29) is 5.91 Å². The summed E-state index contributed by atoms with van der Waals surface area (Å²) in [5.74, 6) is 0.753. The molecular weight excluding hydrogens is 240 g/mol. The number of fused-ring (bicyclic) bond motifs is 1. The number of hydrogen-bond acceptors (Lipinski definition) is 3. The summed E-state index contributed by atoms with van der Waals surface area (Å²) < 4.78 is 5.33. The van der Waals surface area contributed by atoms with E-state index in [0.717, 1.165) is 35.5 Å². The highest BCUT2D eigenvalue weighted by atomic mass is 16.3. The van der Waals surface area contributed by atoms with Crippen molar-refractivity contribution in [1.82, 2.24) is 0 Å². The van der Waals surface area contributed by atoms with Gasteiger partial charge in [0, 0.05) is 24.3 Å². The van der Waals surface area contributed by atoms with Gasteiger partial charge in [0.05, 0.1) is 11.8 Å². The Morgan fingerprint density at radius 1 is 1.42 bits per heavy atom. The van der Waals surface area contributed by atoms with Crippen molar-refractivity contribution in [2.45, 2.75) is 19.8 Å². The minimum atomic E-state index is 0.00845. The lowest BCUT2D eigenvalue weighted by Crippen LogP contribution is -2.29. The number of aryl methyl sites for hydroxylation is 1. The van der Waals surface area contributed by atoms with Crippen molar-refractivity contribution in [2.24, 2.45) is 0 Å². The number of nitrogen functional groups attached to an aromatic ring is 1. The number of anilines is 2. The van der Waals surface area contributed by atoms with Crippen LogP contribution in [0.4, 0.5) is 11.4 Å². The van der Waals surface area contributed by atoms with Gasteiger partial charge in [-0.2, -0.15) is 0 Å². The fourth-order valence-electron chi connectivity index (χ4n) is 2.58. The van der Waals surface area contributed by atoms with E-state index in [9.17, 15) is 4.79 Å². The summed E-state index contributed by atoms with van der Waals surface area (Å²) in [6.45, 7) is 2.68. The van der Waals surface area contributed by atoms with Gasteiger partial charge in [-0.3, -0.25) is 4.79 Å². The van der Waals surface area contributed by atoms with Crippen molar-refractivity contribution in [3.8, 4) is 0 Å². The zero-order valence-electron chi connectivity index (χ0n) is 10.8. The number of benzene rings is 1. The highest BCUT2D eigenvalue weighted by Crippen LogP contribution is 2.31. The highest BCUT2D eigenvalue weighted by Gasteiger charge is 2.27. The molecule has 1 amide bonds. The van der Waals surface area contributed by atoms with E-state index in [1.54, 1.807) is 17.2 Å². The van der Waals surface area contributed by atoms with Gasteiger partial charge in [0.25, 0.3) is 5.91 Å². The molecule has 4 nitrogen and oxygen atoms in total. The zero-order valence-corrected chi connectivity index (χ0v) is 10.8. The first kappa shape index (κ1) is 11.8. The molecule has 0 fully saturated rings. The van der Waals surface area contributed by atoms with Crippen LogP contribution in [0.5, 0.6) is 0 Å². The van der Waals surface area contributed by atoms with Crippen molar-refractivity contribution in [3.05, 3.63) is 47.4 Å². The fraction of sp³-hybridized carbons (Fsp3) is 0.267. The van der Waals surface area contributed by atoms with Gasteiger partial charge in [-0.25, -0.2) is 0 Å². The third kappa shape index (κ3) is 1.89. The Kier molecular flexibility index (Phi) is 2.78. The Hall–Kier alpha value is -2.23. The predicted octanol–water partition coefficient (Wildman–Crippen LogP) is 2.63. The number of furan rings is 1. The number of nitrogens with zero attached hydrogens (tertiary/aromatic N) is 1. The lowest BCUT2D eigenvalue weighted by atomic mass is 10.1. The summed E-state index contributed by atoms with van der Waals surface area (Å²) in [7, 11) is 0. The number of nitrogens with two attached hydrogens (primary N) is 1. The Morgan fingerprint density at radius 3 is 3.05 bits per heavy atom. The number of carbonyl (C=O) groups is 1. The third-order valence-electron chi connectivity index (χ3n) is 3.54. The van der Waals surface area contributed by atoms with E-state index in [2.05, 4.69) is 0 Å². The first-order valence-corrected chi connectivity index (χ1v) is 6.47. The van der Waals surface area contributed by atoms with E-state index in [1.165, 1.54) is 0 Å². The molecule has 19 heavy (non-hydrogen) atoms. The van der Waals surface area contributed by atoms with E-state index in [4.69, 9.17) is 10.2 Å². The van der Waals surface area contributed by atoms with Crippen LogP contribution in [-0.4, -0.2) is 12.5 Å². The molecule has 1 aromatic heterocycles. The maximum Gasteiger partial charge on any atom is 0.261 e. The van der Waals surface area contributed by atoms with Crippen LogP contribution in [-0.2, 0) is 12.8 Å². The van der Waals surface area contributed by atoms with Gasteiger partial charge in [-0.15, -0.1) is 0 Å². The number of rotatable bonds is 2. The molecule has 0 atom stereocenters. The molecule has 1 aliphatic rings. The standard InChI is InChI=1S/C15H16N2O2/c1-2-14-12(6-8-19-14)15(18)17-7-5-10-9-11(16)3-4-13(10)17/h3-4,6,8-9H,2,5,7,16H2,1H3. The lowest BCUT2D eigenvalue weighted by molar-refractivity contribution is 0.0987. The Balaban J connectivity index is 1.96. The summed E-state index contributed by atoms with van der Waals surface area (Å²) in [6.07, 6.45) is 3.15. The molecule has 0 saturated carbocycles. The summed E-state index contributed by atoms with van der Waals surface area (Å²) in [4.78, 5) is 14.4. The molecule has 0 aliphatic carbocycles. The molecule has 2 N–H and O–H groups in total. The van der Waals surface area contributed by atoms with E-state index >= 15 is 0 Å². The topological polar surface area (TPSA) is 59.5 Å². The van der Waals surface area contributed by atoms with Crippen LogP contribution >= 0.6 is 0 Å². The molecule has 1 aromatic carbocycles. The van der Waals surface area contributed by atoms with Gasteiger partial charge < -0.3 is 15.1 Å². The molecule has 0 bridgehead atoms. The van der Waals surface area contributed by atoms with Crippen LogP contribution in [0.1, 0.15) is 28.6 Å². The minimum absolute atomic E-state index is 0.00845. The van der Waals surface area contributed by atoms with Crippen LogP contribution in [0.25, 0.3) is 0 Å². The van der Waals surface area contributed by atoms with Gasteiger partial charge >= 0.3 is 0 Å². The van der Waals surface area contributed by atoms with Crippen LogP contribution in [0.3, 0.4) is 0 Å².